The number of rotatable bonds is 7. The Kier molecular flexibility index (Phi) is 6.63. The summed E-state index contributed by atoms with van der Waals surface area (Å²) >= 11 is 13.3. The van der Waals surface area contributed by atoms with Gasteiger partial charge in [0.1, 0.15) is 0 Å². The van der Waals surface area contributed by atoms with E-state index in [0.29, 0.717) is 10.0 Å². The predicted molar refractivity (Wildman–Crippen MR) is 131 cm³/mol. The van der Waals surface area contributed by atoms with Crippen LogP contribution in [-0.2, 0) is 4.79 Å². The molecule has 4 nitrogen and oxygen atoms in total. The number of H-pyrrole nitrogens is 1. The number of fused-ring (bicyclic) bond motifs is 1. The lowest BCUT2D eigenvalue weighted by Crippen LogP contribution is -2.14. The van der Waals surface area contributed by atoms with Gasteiger partial charge in [0, 0.05) is 27.4 Å². The SMILES string of the molecule is CCC(c1c(Cl)cccc1Cl)C(c1ccc(/C=C/C(=O)O)cc1)c1ccc2[nH]ncc2c1. The van der Waals surface area contributed by atoms with Gasteiger partial charge in [0.2, 0.25) is 0 Å². The molecule has 2 N–H and O–H groups in total. The van der Waals surface area contributed by atoms with Crippen molar-refractivity contribution in [2.45, 2.75) is 25.2 Å². The lowest BCUT2D eigenvalue weighted by Gasteiger charge is -2.29. The van der Waals surface area contributed by atoms with Crippen LogP contribution in [0.1, 0.15) is 47.4 Å². The second-order valence-corrected chi connectivity index (χ2v) is 8.50. The first-order valence-corrected chi connectivity index (χ1v) is 11.1. The van der Waals surface area contributed by atoms with Crippen molar-refractivity contribution in [3.63, 3.8) is 0 Å². The molecule has 4 aromatic rings. The minimum Gasteiger partial charge on any atom is -0.478 e. The summed E-state index contributed by atoms with van der Waals surface area (Å²) in [6.07, 6.45) is 5.37. The van der Waals surface area contributed by atoms with Gasteiger partial charge in [-0.15, -0.1) is 0 Å². The molecule has 0 aliphatic heterocycles. The van der Waals surface area contributed by atoms with Gasteiger partial charge in [-0.25, -0.2) is 4.79 Å². The van der Waals surface area contributed by atoms with Crippen molar-refractivity contribution < 1.29 is 9.90 Å². The van der Waals surface area contributed by atoms with Gasteiger partial charge in [0.05, 0.1) is 11.7 Å². The van der Waals surface area contributed by atoms with Gasteiger partial charge in [0.25, 0.3) is 0 Å². The summed E-state index contributed by atoms with van der Waals surface area (Å²) in [6, 6.07) is 19.8. The summed E-state index contributed by atoms with van der Waals surface area (Å²) in [6.45, 7) is 2.14. The Bertz CT molecular complexity index is 1260. The third-order valence-electron chi connectivity index (χ3n) is 5.75. The molecule has 4 rings (SSSR count). The first-order chi connectivity index (χ1) is 15.5. The highest BCUT2D eigenvalue weighted by Crippen LogP contribution is 2.45. The number of aromatic nitrogens is 2. The first-order valence-electron chi connectivity index (χ1n) is 10.4. The van der Waals surface area contributed by atoms with E-state index in [1.807, 2.05) is 54.7 Å². The number of halogens is 2. The van der Waals surface area contributed by atoms with E-state index in [-0.39, 0.29) is 11.8 Å². The number of benzene rings is 3. The molecule has 6 heteroatoms. The van der Waals surface area contributed by atoms with Crippen molar-refractivity contribution in [2.75, 3.05) is 0 Å². The van der Waals surface area contributed by atoms with E-state index < -0.39 is 5.97 Å². The molecule has 0 aliphatic carbocycles. The molecular weight excluding hydrogens is 443 g/mol. The average Bonchev–Trinajstić information content (AvgIpc) is 3.25. The maximum Gasteiger partial charge on any atom is 0.328 e. The monoisotopic (exact) mass is 464 g/mol. The summed E-state index contributed by atoms with van der Waals surface area (Å²) in [7, 11) is 0. The largest absolute Gasteiger partial charge is 0.478 e. The van der Waals surface area contributed by atoms with Gasteiger partial charge in [-0.2, -0.15) is 5.10 Å². The van der Waals surface area contributed by atoms with E-state index in [1.54, 1.807) is 6.08 Å². The van der Waals surface area contributed by atoms with E-state index in [4.69, 9.17) is 28.3 Å². The number of nitrogens with zero attached hydrogens (tertiary/aromatic N) is 1. The summed E-state index contributed by atoms with van der Waals surface area (Å²) < 4.78 is 0. The lowest BCUT2D eigenvalue weighted by molar-refractivity contribution is -0.131. The number of nitrogens with one attached hydrogen (secondary N) is 1. The van der Waals surface area contributed by atoms with Crippen LogP contribution in [0.3, 0.4) is 0 Å². The molecule has 162 valence electrons. The summed E-state index contributed by atoms with van der Waals surface area (Å²) in [5, 5.41) is 18.4. The molecule has 2 atom stereocenters. The Hall–Kier alpha value is -3.08. The zero-order valence-electron chi connectivity index (χ0n) is 17.4. The molecule has 0 fully saturated rings. The van der Waals surface area contributed by atoms with E-state index in [0.717, 1.165) is 45.7 Å². The Labute approximate surface area is 196 Å². The summed E-state index contributed by atoms with van der Waals surface area (Å²) in [5.41, 5.74) is 4.97. The van der Waals surface area contributed by atoms with Crippen molar-refractivity contribution in [1.82, 2.24) is 10.2 Å². The first kappa shape index (κ1) is 22.1. The smallest absolute Gasteiger partial charge is 0.328 e. The van der Waals surface area contributed by atoms with E-state index in [1.165, 1.54) is 0 Å². The molecule has 2 unspecified atom stereocenters. The maximum atomic E-state index is 10.8. The Morgan fingerprint density at radius 1 is 1.06 bits per heavy atom. The molecule has 0 amide bonds. The minimum absolute atomic E-state index is 0.00537. The van der Waals surface area contributed by atoms with Crippen molar-refractivity contribution in [3.05, 3.63) is 105 Å². The van der Waals surface area contributed by atoms with Crippen molar-refractivity contribution in [3.8, 4) is 0 Å². The fourth-order valence-corrected chi connectivity index (χ4v) is 4.94. The van der Waals surface area contributed by atoms with E-state index >= 15 is 0 Å². The molecule has 32 heavy (non-hydrogen) atoms. The zero-order chi connectivity index (χ0) is 22.7. The summed E-state index contributed by atoms with van der Waals surface area (Å²) in [5.74, 6) is -0.935. The molecular formula is C26H22Cl2N2O2. The maximum absolute atomic E-state index is 10.8. The van der Waals surface area contributed by atoms with Crippen LogP contribution in [0.15, 0.2) is 72.9 Å². The molecule has 1 aromatic heterocycles. The van der Waals surface area contributed by atoms with E-state index in [9.17, 15) is 4.79 Å². The number of carboxylic acids is 1. The van der Waals surface area contributed by atoms with Gasteiger partial charge in [0.15, 0.2) is 0 Å². The molecule has 0 radical (unpaired) electrons. The van der Waals surface area contributed by atoms with Crippen LogP contribution >= 0.6 is 23.2 Å². The number of carboxylic acid groups (broad SMARTS) is 1. The fourth-order valence-electron chi connectivity index (χ4n) is 4.27. The average molecular weight is 465 g/mol. The number of hydrogen-bond donors (Lipinski definition) is 2. The molecule has 0 bridgehead atoms. The van der Waals surface area contributed by atoms with Gasteiger partial charge in [-0.1, -0.05) is 66.5 Å². The quantitative estimate of drug-likeness (QED) is 0.282. The van der Waals surface area contributed by atoms with Crippen LogP contribution in [0.5, 0.6) is 0 Å². The zero-order valence-corrected chi connectivity index (χ0v) is 18.9. The highest BCUT2D eigenvalue weighted by atomic mass is 35.5. The third-order valence-corrected chi connectivity index (χ3v) is 6.41. The van der Waals surface area contributed by atoms with Gasteiger partial charge >= 0.3 is 5.97 Å². The normalized spacial score (nSPS) is 13.5. The molecule has 0 aliphatic rings. The fraction of sp³-hybridized carbons (Fsp3) is 0.154. The molecule has 3 aromatic carbocycles. The highest BCUT2D eigenvalue weighted by Gasteiger charge is 2.29. The topological polar surface area (TPSA) is 66.0 Å². The highest BCUT2D eigenvalue weighted by molar-refractivity contribution is 6.36. The number of aromatic amines is 1. The van der Waals surface area contributed by atoms with Crippen LogP contribution < -0.4 is 0 Å². The number of aliphatic carboxylic acids is 1. The lowest BCUT2D eigenvalue weighted by atomic mass is 9.75. The number of hydrogen-bond acceptors (Lipinski definition) is 2. The van der Waals surface area contributed by atoms with Gasteiger partial charge in [-0.3, -0.25) is 5.10 Å². The third kappa shape index (κ3) is 4.57. The molecule has 1 heterocycles. The molecule has 0 saturated carbocycles. The van der Waals surface area contributed by atoms with Crippen LogP contribution in [0.4, 0.5) is 0 Å². The molecule has 0 saturated heterocycles. The van der Waals surface area contributed by atoms with Crippen molar-refractivity contribution in [2.24, 2.45) is 0 Å². The summed E-state index contributed by atoms with van der Waals surface area (Å²) in [4.78, 5) is 10.8. The van der Waals surface area contributed by atoms with Crippen molar-refractivity contribution in [1.29, 1.82) is 0 Å². The standard InChI is InChI=1S/C26H22Cl2N2O2/c1-2-20(26-21(27)4-3-5-22(26)28)25(18-11-12-23-19(14-18)15-29-30-23)17-9-6-16(7-10-17)8-13-24(31)32/h3-15,20,25H,2H2,1H3,(H,29,30)(H,31,32)/b13-8+. The van der Waals surface area contributed by atoms with Crippen LogP contribution in [-0.4, -0.2) is 21.3 Å². The van der Waals surface area contributed by atoms with Gasteiger partial charge < -0.3 is 5.11 Å². The Morgan fingerprint density at radius 3 is 2.41 bits per heavy atom. The predicted octanol–water partition coefficient (Wildman–Crippen LogP) is 7.29. The second-order valence-electron chi connectivity index (χ2n) is 7.68. The van der Waals surface area contributed by atoms with Gasteiger partial charge in [-0.05, 0) is 64.9 Å². The van der Waals surface area contributed by atoms with Crippen LogP contribution in [0.2, 0.25) is 10.0 Å². The van der Waals surface area contributed by atoms with Crippen LogP contribution in [0.25, 0.3) is 17.0 Å². The minimum atomic E-state index is -0.972. The van der Waals surface area contributed by atoms with Crippen LogP contribution in [0, 0.1) is 0 Å². The number of carbonyl (C=O) groups is 1. The second kappa shape index (κ2) is 9.60. The van der Waals surface area contributed by atoms with Crippen molar-refractivity contribution >= 4 is 46.2 Å². The Balaban J connectivity index is 1.85. The molecule has 0 spiro atoms. The Morgan fingerprint density at radius 2 is 1.75 bits per heavy atom. The van der Waals surface area contributed by atoms with E-state index in [2.05, 4.69) is 29.3 Å².